The fourth-order valence-electron chi connectivity index (χ4n) is 4.59. The molecule has 0 spiro atoms. The lowest BCUT2D eigenvalue weighted by Gasteiger charge is -2.25. The number of likely N-dealkylation sites (tertiary alicyclic amines) is 1. The highest BCUT2D eigenvalue weighted by molar-refractivity contribution is 7.92. The summed E-state index contributed by atoms with van der Waals surface area (Å²) in [5.41, 5.74) is 2.05. The molecule has 5 rings (SSSR count). The number of aromatic amines is 1. The molecule has 1 fully saturated rings. The number of aromatic nitrogens is 4. The molecule has 1 aliphatic rings. The SMILES string of the molecule is COc1ncc(-c2cc(NC(=O)c3nc(CN4CCCCC4)sc3C(=O)O)c3cn[nH]c3c2)cc1NS(C)(=O)=O. The second-order valence-corrected chi connectivity index (χ2v) is 12.2. The Morgan fingerprint density at radius 2 is 1.88 bits per heavy atom. The van der Waals surface area contributed by atoms with E-state index in [4.69, 9.17) is 4.74 Å². The number of carbonyl (C=O) groups is 2. The van der Waals surface area contributed by atoms with E-state index in [-0.39, 0.29) is 22.1 Å². The van der Waals surface area contributed by atoms with Gasteiger partial charge in [0.15, 0.2) is 5.69 Å². The molecule has 4 aromatic rings. The van der Waals surface area contributed by atoms with Crippen LogP contribution < -0.4 is 14.8 Å². The number of amides is 1. The zero-order chi connectivity index (χ0) is 28.4. The van der Waals surface area contributed by atoms with E-state index in [1.807, 2.05) is 0 Å². The average Bonchev–Trinajstić information content (AvgIpc) is 3.56. The van der Waals surface area contributed by atoms with E-state index in [1.54, 1.807) is 24.4 Å². The molecule has 210 valence electrons. The number of fused-ring (bicyclic) bond motifs is 1. The highest BCUT2D eigenvalue weighted by Crippen LogP contribution is 2.34. The Bertz CT molecular complexity index is 1690. The van der Waals surface area contributed by atoms with Gasteiger partial charge in [0.25, 0.3) is 5.91 Å². The van der Waals surface area contributed by atoms with Gasteiger partial charge in [-0.2, -0.15) is 5.10 Å². The molecule has 4 N–H and O–H groups in total. The first kappa shape index (κ1) is 27.5. The summed E-state index contributed by atoms with van der Waals surface area (Å²) in [6, 6.07) is 5.00. The molecule has 4 heterocycles. The predicted molar refractivity (Wildman–Crippen MR) is 150 cm³/mol. The number of nitrogens with zero attached hydrogens (tertiary/aromatic N) is 4. The number of ether oxygens (including phenoxy) is 1. The van der Waals surface area contributed by atoms with Crippen LogP contribution in [0, 0.1) is 0 Å². The van der Waals surface area contributed by atoms with Crippen LogP contribution in [0.3, 0.4) is 0 Å². The number of anilines is 2. The van der Waals surface area contributed by atoms with Crippen molar-refractivity contribution in [3.05, 3.63) is 46.2 Å². The number of pyridine rings is 1. The van der Waals surface area contributed by atoms with Gasteiger partial charge >= 0.3 is 5.97 Å². The van der Waals surface area contributed by atoms with Crippen molar-refractivity contribution in [1.29, 1.82) is 0 Å². The van der Waals surface area contributed by atoms with Crippen LogP contribution in [0.2, 0.25) is 0 Å². The van der Waals surface area contributed by atoms with Crippen LogP contribution in [0.1, 0.15) is 44.4 Å². The van der Waals surface area contributed by atoms with Gasteiger partial charge in [-0.3, -0.25) is 19.5 Å². The summed E-state index contributed by atoms with van der Waals surface area (Å²) >= 11 is 1.01. The zero-order valence-electron chi connectivity index (χ0n) is 21.7. The number of hydrogen-bond acceptors (Lipinski definition) is 10. The minimum absolute atomic E-state index is 0.0930. The summed E-state index contributed by atoms with van der Waals surface area (Å²) in [6.07, 6.45) is 7.40. The minimum Gasteiger partial charge on any atom is -0.480 e. The molecule has 0 radical (unpaired) electrons. The van der Waals surface area contributed by atoms with Gasteiger partial charge < -0.3 is 15.2 Å². The topological polar surface area (TPSA) is 179 Å². The van der Waals surface area contributed by atoms with Crippen LogP contribution in [-0.2, 0) is 16.6 Å². The van der Waals surface area contributed by atoms with E-state index in [1.165, 1.54) is 19.7 Å². The van der Waals surface area contributed by atoms with Gasteiger partial charge in [0.05, 0.1) is 37.3 Å². The van der Waals surface area contributed by atoms with Crippen LogP contribution in [0.5, 0.6) is 5.88 Å². The maximum atomic E-state index is 13.4. The number of sulfonamides is 1. The third-order valence-corrected chi connectivity index (χ3v) is 7.99. The molecular formula is C25H27N7O6S2. The molecule has 40 heavy (non-hydrogen) atoms. The third kappa shape index (κ3) is 6.05. The molecule has 0 saturated carbocycles. The van der Waals surface area contributed by atoms with E-state index in [9.17, 15) is 23.1 Å². The molecule has 1 aromatic carbocycles. The molecule has 1 aliphatic heterocycles. The van der Waals surface area contributed by atoms with Crippen molar-refractivity contribution in [2.24, 2.45) is 0 Å². The van der Waals surface area contributed by atoms with Gasteiger partial charge in [-0.1, -0.05) is 6.42 Å². The number of aromatic carboxylic acids is 1. The van der Waals surface area contributed by atoms with Crippen LogP contribution in [0.15, 0.2) is 30.6 Å². The Hall–Kier alpha value is -4.08. The number of methoxy groups -OCH3 is 1. The van der Waals surface area contributed by atoms with Crippen LogP contribution in [-0.4, -0.2) is 76.9 Å². The summed E-state index contributed by atoms with van der Waals surface area (Å²) in [4.78, 5) is 36.0. The molecule has 0 bridgehead atoms. The largest absolute Gasteiger partial charge is 0.480 e. The summed E-state index contributed by atoms with van der Waals surface area (Å²) in [7, 11) is -2.23. The Morgan fingerprint density at radius 1 is 1.12 bits per heavy atom. The first-order valence-corrected chi connectivity index (χ1v) is 15.1. The van der Waals surface area contributed by atoms with E-state index in [2.05, 4.69) is 35.1 Å². The number of benzene rings is 1. The van der Waals surface area contributed by atoms with Crippen molar-refractivity contribution >= 4 is 55.5 Å². The van der Waals surface area contributed by atoms with Crippen molar-refractivity contribution < 1.29 is 27.9 Å². The Balaban J connectivity index is 1.48. The van der Waals surface area contributed by atoms with Gasteiger partial charge in [0, 0.05) is 17.1 Å². The summed E-state index contributed by atoms with van der Waals surface area (Å²) in [5, 5.41) is 20.7. The van der Waals surface area contributed by atoms with Crippen molar-refractivity contribution in [2.45, 2.75) is 25.8 Å². The number of nitrogens with one attached hydrogen (secondary N) is 3. The molecule has 1 amide bonds. The number of piperidine rings is 1. The number of carbonyl (C=O) groups excluding carboxylic acids is 1. The molecule has 0 aliphatic carbocycles. The first-order valence-electron chi connectivity index (χ1n) is 12.4. The Morgan fingerprint density at radius 3 is 2.58 bits per heavy atom. The third-order valence-electron chi connectivity index (χ3n) is 6.37. The maximum Gasteiger partial charge on any atom is 0.348 e. The van der Waals surface area contributed by atoms with Crippen molar-refractivity contribution in [2.75, 3.05) is 36.5 Å². The standard InChI is InChI=1S/C25H27N7O6S2/c1-38-24-19(31-40(2,36)37)10-15(11-26-24)14-8-17(16-12-27-30-18(16)9-14)28-23(33)21-22(25(34)35)39-20(29-21)13-32-6-4-3-5-7-32/h8-12,31H,3-7,13H2,1-2H3,(H,27,30)(H,28,33)(H,34,35). The molecule has 13 nitrogen and oxygen atoms in total. The zero-order valence-corrected chi connectivity index (χ0v) is 23.4. The fraction of sp³-hybridized carbons (Fsp3) is 0.320. The average molecular weight is 586 g/mol. The number of thiazole rings is 1. The van der Waals surface area contributed by atoms with E-state index in [0.29, 0.717) is 39.3 Å². The lowest BCUT2D eigenvalue weighted by Crippen LogP contribution is -2.29. The van der Waals surface area contributed by atoms with Crippen LogP contribution in [0.25, 0.3) is 22.0 Å². The van der Waals surface area contributed by atoms with Crippen LogP contribution >= 0.6 is 11.3 Å². The highest BCUT2D eigenvalue weighted by Gasteiger charge is 2.25. The second-order valence-electron chi connectivity index (χ2n) is 9.39. The normalized spacial score (nSPS) is 14.2. The molecule has 15 heteroatoms. The summed E-state index contributed by atoms with van der Waals surface area (Å²) in [6.45, 7) is 2.32. The van der Waals surface area contributed by atoms with Gasteiger partial charge in [-0.15, -0.1) is 11.3 Å². The Labute approximate surface area is 233 Å². The highest BCUT2D eigenvalue weighted by atomic mass is 32.2. The lowest BCUT2D eigenvalue weighted by atomic mass is 10.0. The van der Waals surface area contributed by atoms with Gasteiger partial charge in [0.2, 0.25) is 15.9 Å². The second kappa shape index (κ2) is 11.2. The monoisotopic (exact) mass is 585 g/mol. The number of H-pyrrole nitrogens is 1. The van der Waals surface area contributed by atoms with Gasteiger partial charge in [-0.25, -0.2) is 23.2 Å². The number of carboxylic acids is 1. The predicted octanol–water partition coefficient (Wildman–Crippen LogP) is 3.40. The Kier molecular flexibility index (Phi) is 7.69. The molecular weight excluding hydrogens is 558 g/mol. The molecule has 0 atom stereocenters. The summed E-state index contributed by atoms with van der Waals surface area (Å²) < 4.78 is 31.3. The van der Waals surface area contributed by atoms with E-state index in [0.717, 1.165) is 43.5 Å². The summed E-state index contributed by atoms with van der Waals surface area (Å²) in [5.74, 6) is -1.79. The van der Waals surface area contributed by atoms with Crippen molar-refractivity contribution in [3.63, 3.8) is 0 Å². The minimum atomic E-state index is -3.61. The fourth-order valence-corrected chi connectivity index (χ4v) is 6.08. The first-order chi connectivity index (χ1) is 19.1. The van der Waals surface area contributed by atoms with Gasteiger partial charge in [0.1, 0.15) is 15.6 Å². The van der Waals surface area contributed by atoms with Crippen molar-refractivity contribution in [1.82, 2.24) is 25.1 Å². The number of hydrogen-bond donors (Lipinski definition) is 4. The smallest absolute Gasteiger partial charge is 0.348 e. The quantitative estimate of drug-likeness (QED) is 0.227. The van der Waals surface area contributed by atoms with Crippen molar-refractivity contribution in [3.8, 4) is 17.0 Å². The number of rotatable bonds is 9. The molecule has 3 aromatic heterocycles. The van der Waals surface area contributed by atoms with Gasteiger partial charge in [-0.05, 0) is 49.7 Å². The lowest BCUT2D eigenvalue weighted by molar-refractivity contribution is 0.0697. The maximum absolute atomic E-state index is 13.4. The molecule has 0 unspecified atom stereocenters. The number of carboxylic acid groups (broad SMARTS) is 1. The van der Waals surface area contributed by atoms with Crippen LogP contribution in [0.4, 0.5) is 11.4 Å². The van der Waals surface area contributed by atoms with E-state index >= 15 is 0 Å². The van der Waals surface area contributed by atoms with E-state index < -0.39 is 21.9 Å². The molecule has 1 saturated heterocycles.